The Morgan fingerprint density at radius 3 is 1.58 bits per heavy atom. The number of aromatic nitrogens is 4. The van der Waals surface area contributed by atoms with Gasteiger partial charge in [-0.15, -0.1) is 0 Å². The van der Waals surface area contributed by atoms with Gasteiger partial charge in [0.15, 0.2) is 17.5 Å². The van der Waals surface area contributed by atoms with Crippen molar-refractivity contribution in [2.75, 3.05) is 0 Å². The molecule has 0 saturated heterocycles. The lowest BCUT2D eigenvalue weighted by atomic mass is 9.91. The Balaban J connectivity index is 1.13. The van der Waals surface area contributed by atoms with Gasteiger partial charge >= 0.3 is 0 Å². The maximum absolute atomic E-state index is 6.78. The monoisotopic (exact) mass is 792 g/mol. The molecule has 12 aromatic rings. The fourth-order valence-electron chi connectivity index (χ4n) is 8.95. The molecule has 3 aromatic heterocycles. The molecule has 0 radical (unpaired) electrons. The van der Waals surface area contributed by atoms with Crippen LogP contribution in [0.2, 0.25) is 0 Å². The van der Waals surface area contributed by atoms with E-state index < -0.39 is 0 Å². The molecule has 62 heavy (non-hydrogen) atoms. The molecule has 0 aliphatic rings. The molecule has 0 aliphatic carbocycles. The van der Waals surface area contributed by atoms with Crippen LogP contribution in [0.25, 0.3) is 117 Å². The quantitative estimate of drug-likeness (QED) is 0.161. The van der Waals surface area contributed by atoms with Gasteiger partial charge in [0, 0.05) is 43.9 Å². The number of para-hydroxylation sites is 2. The Labute approximate surface area is 357 Å². The number of hydrogen-bond donors (Lipinski definition) is 0. The summed E-state index contributed by atoms with van der Waals surface area (Å²) in [5.41, 5.74) is 14.3. The molecular formula is C57H36N4O. The molecule has 3 heterocycles. The van der Waals surface area contributed by atoms with Crippen LogP contribution in [0.4, 0.5) is 0 Å². The third kappa shape index (κ3) is 6.06. The summed E-state index contributed by atoms with van der Waals surface area (Å²) in [5.74, 6) is 1.81. The second-order valence-corrected chi connectivity index (χ2v) is 15.6. The van der Waals surface area contributed by atoms with E-state index in [0.717, 1.165) is 88.6 Å². The van der Waals surface area contributed by atoms with Gasteiger partial charge in [-0.3, -0.25) is 0 Å². The van der Waals surface area contributed by atoms with Gasteiger partial charge in [-0.05, 0) is 81.9 Å². The Morgan fingerprint density at radius 2 is 0.871 bits per heavy atom. The van der Waals surface area contributed by atoms with Crippen molar-refractivity contribution in [2.45, 2.75) is 0 Å². The van der Waals surface area contributed by atoms with Crippen molar-refractivity contribution in [1.82, 2.24) is 19.5 Å². The zero-order valence-electron chi connectivity index (χ0n) is 33.5. The lowest BCUT2D eigenvalue weighted by Gasteiger charge is -2.15. The fourth-order valence-corrected chi connectivity index (χ4v) is 8.95. The molecule has 0 saturated carbocycles. The molecule has 290 valence electrons. The smallest absolute Gasteiger partial charge is 0.164 e. The Kier molecular flexibility index (Phi) is 8.42. The van der Waals surface area contributed by atoms with E-state index in [0.29, 0.717) is 17.5 Å². The molecule has 0 N–H and O–H groups in total. The Hall–Kier alpha value is -8.41. The molecule has 0 atom stereocenters. The fraction of sp³-hybridized carbons (Fsp3) is 0. The second-order valence-electron chi connectivity index (χ2n) is 15.6. The van der Waals surface area contributed by atoms with Crippen LogP contribution in [-0.4, -0.2) is 19.5 Å². The van der Waals surface area contributed by atoms with E-state index in [1.807, 2.05) is 60.7 Å². The van der Waals surface area contributed by atoms with Crippen LogP contribution in [0.3, 0.4) is 0 Å². The highest BCUT2D eigenvalue weighted by molar-refractivity contribution is 6.20. The summed E-state index contributed by atoms with van der Waals surface area (Å²) in [5, 5.41) is 4.41. The maximum atomic E-state index is 6.78. The molecule has 9 aromatic carbocycles. The van der Waals surface area contributed by atoms with Crippen LogP contribution in [0.1, 0.15) is 0 Å². The number of benzene rings is 9. The van der Waals surface area contributed by atoms with E-state index in [2.05, 4.69) is 162 Å². The topological polar surface area (TPSA) is 56.7 Å². The molecule has 0 spiro atoms. The molecule has 0 aliphatic heterocycles. The minimum absolute atomic E-state index is 0.588. The predicted octanol–water partition coefficient (Wildman–Crippen LogP) is 14.9. The minimum Gasteiger partial charge on any atom is -0.456 e. The van der Waals surface area contributed by atoms with Gasteiger partial charge in [0.2, 0.25) is 0 Å². The Morgan fingerprint density at radius 1 is 0.306 bits per heavy atom. The van der Waals surface area contributed by atoms with E-state index in [9.17, 15) is 0 Å². The number of rotatable bonds is 7. The lowest BCUT2D eigenvalue weighted by molar-refractivity contribution is 0.669. The SMILES string of the molecule is c1ccc(-c2cccc(-c3ccc(-c4cccc5oc6cc7c8ccccc8n(-c8ccccc8)c7cc6c45)c(-c4nc(-c5ccccc5)nc(-c5ccccc5)n4)c3)c2)cc1. The first-order chi connectivity index (χ1) is 30.7. The molecular weight excluding hydrogens is 757 g/mol. The van der Waals surface area contributed by atoms with Crippen molar-refractivity contribution in [3.8, 4) is 73.2 Å². The van der Waals surface area contributed by atoms with Crippen LogP contribution in [0, 0.1) is 0 Å². The molecule has 0 fully saturated rings. The maximum Gasteiger partial charge on any atom is 0.164 e. The van der Waals surface area contributed by atoms with Crippen molar-refractivity contribution < 1.29 is 4.42 Å². The van der Waals surface area contributed by atoms with E-state index in [-0.39, 0.29) is 0 Å². The zero-order chi connectivity index (χ0) is 41.0. The van der Waals surface area contributed by atoms with Crippen LogP contribution >= 0.6 is 0 Å². The highest BCUT2D eigenvalue weighted by Crippen LogP contribution is 2.44. The van der Waals surface area contributed by atoms with Gasteiger partial charge in [-0.25, -0.2) is 15.0 Å². The van der Waals surface area contributed by atoms with Gasteiger partial charge in [-0.1, -0.05) is 170 Å². The largest absolute Gasteiger partial charge is 0.456 e. The number of fused-ring (bicyclic) bond motifs is 6. The van der Waals surface area contributed by atoms with Crippen LogP contribution < -0.4 is 0 Å². The highest BCUT2D eigenvalue weighted by atomic mass is 16.3. The molecule has 12 rings (SSSR count). The zero-order valence-corrected chi connectivity index (χ0v) is 33.5. The molecule has 0 amide bonds. The van der Waals surface area contributed by atoms with E-state index in [1.54, 1.807) is 0 Å². The summed E-state index contributed by atoms with van der Waals surface area (Å²) >= 11 is 0. The number of furan rings is 1. The number of nitrogens with zero attached hydrogens (tertiary/aromatic N) is 4. The van der Waals surface area contributed by atoms with Gasteiger partial charge in [0.05, 0.1) is 11.0 Å². The molecule has 5 nitrogen and oxygen atoms in total. The first-order valence-corrected chi connectivity index (χ1v) is 20.8. The van der Waals surface area contributed by atoms with E-state index in [1.165, 1.54) is 10.9 Å². The van der Waals surface area contributed by atoms with Crippen molar-refractivity contribution in [3.63, 3.8) is 0 Å². The van der Waals surface area contributed by atoms with Gasteiger partial charge < -0.3 is 8.98 Å². The summed E-state index contributed by atoms with van der Waals surface area (Å²) in [7, 11) is 0. The summed E-state index contributed by atoms with van der Waals surface area (Å²) in [6.07, 6.45) is 0. The van der Waals surface area contributed by atoms with Crippen molar-refractivity contribution in [1.29, 1.82) is 0 Å². The predicted molar refractivity (Wildman–Crippen MR) is 254 cm³/mol. The first kappa shape index (κ1) is 35.5. The molecule has 0 unspecified atom stereocenters. The van der Waals surface area contributed by atoms with Crippen molar-refractivity contribution in [2.24, 2.45) is 0 Å². The lowest BCUT2D eigenvalue weighted by Crippen LogP contribution is -2.01. The van der Waals surface area contributed by atoms with E-state index >= 15 is 0 Å². The normalized spacial score (nSPS) is 11.5. The standard InChI is InChI=1S/C57H36N4O/c1-5-17-37(18-6-1)40-23-15-24-41(33-40)42-31-32-44(48(34-42)57-59-55(38-19-7-2-8-20-38)58-56(60-57)39-21-9-3-10-22-39)46-28-16-30-52-54(46)49-35-51-47(36-53(49)62-52)45-27-13-14-29-50(45)61(51)43-25-11-4-12-26-43/h1-36H. The average Bonchev–Trinajstić information content (AvgIpc) is 3.89. The van der Waals surface area contributed by atoms with Gasteiger partial charge in [0.1, 0.15) is 11.2 Å². The van der Waals surface area contributed by atoms with E-state index in [4.69, 9.17) is 19.4 Å². The third-order valence-corrected chi connectivity index (χ3v) is 11.9. The number of hydrogen-bond acceptors (Lipinski definition) is 4. The summed E-state index contributed by atoms with van der Waals surface area (Å²) in [6.45, 7) is 0. The first-order valence-electron chi connectivity index (χ1n) is 20.8. The summed E-state index contributed by atoms with van der Waals surface area (Å²) < 4.78 is 9.14. The average molecular weight is 793 g/mol. The van der Waals surface area contributed by atoms with Gasteiger partial charge in [0.25, 0.3) is 0 Å². The molecule has 0 bridgehead atoms. The summed E-state index contributed by atoms with van der Waals surface area (Å²) in [6, 6.07) is 76.3. The van der Waals surface area contributed by atoms with Crippen LogP contribution in [0.15, 0.2) is 223 Å². The van der Waals surface area contributed by atoms with Crippen LogP contribution in [0.5, 0.6) is 0 Å². The molecule has 5 heteroatoms. The van der Waals surface area contributed by atoms with Gasteiger partial charge in [-0.2, -0.15) is 0 Å². The summed E-state index contributed by atoms with van der Waals surface area (Å²) in [4.78, 5) is 15.6. The van der Waals surface area contributed by atoms with Crippen LogP contribution in [-0.2, 0) is 0 Å². The van der Waals surface area contributed by atoms with Crippen molar-refractivity contribution in [3.05, 3.63) is 218 Å². The van der Waals surface area contributed by atoms with Crippen molar-refractivity contribution >= 4 is 43.7 Å². The third-order valence-electron chi connectivity index (χ3n) is 11.9. The Bertz CT molecular complexity index is 3560. The highest BCUT2D eigenvalue weighted by Gasteiger charge is 2.22. The second kappa shape index (κ2) is 14.7. The minimum atomic E-state index is 0.588.